The molecule has 2 unspecified atom stereocenters. The lowest BCUT2D eigenvalue weighted by Gasteiger charge is -2.28. The van der Waals surface area contributed by atoms with Crippen LogP contribution in [0.5, 0.6) is 0 Å². The highest BCUT2D eigenvalue weighted by Crippen LogP contribution is 2.13. The third kappa shape index (κ3) is 6.40. The first-order valence-corrected chi connectivity index (χ1v) is 9.12. The van der Waals surface area contributed by atoms with Gasteiger partial charge < -0.3 is 15.0 Å². The van der Waals surface area contributed by atoms with E-state index in [-0.39, 0.29) is 18.4 Å². The number of alkyl carbamates (subject to hydrolysis) is 1. The van der Waals surface area contributed by atoms with Crippen LogP contribution in [0.4, 0.5) is 4.79 Å². The summed E-state index contributed by atoms with van der Waals surface area (Å²) in [6.07, 6.45) is 3.59. The molecular weight excluding hydrogens is 342 g/mol. The van der Waals surface area contributed by atoms with Crippen LogP contribution in [0.25, 0.3) is 0 Å². The summed E-state index contributed by atoms with van der Waals surface area (Å²) in [6.45, 7) is 4.53. The first-order valence-electron chi connectivity index (χ1n) is 9.12. The molecule has 0 aliphatic heterocycles. The first kappa shape index (κ1) is 20.4. The lowest BCUT2D eigenvalue weighted by molar-refractivity contribution is -0.133. The van der Waals surface area contributed by atoms with Crippen LogP contribution in [-0.4, -0.2) is 35.0 Å². The maximum Gasteiger partial charge on any atom is 0.408 e. The Bertz CT molecular complexity index is 722. The number of hydrogen-bond acceptors (Lipinski definition) is 4. The van der Waals surface area contributed by atoms with E-state index in [1.807, 2.05) is 56.3 Å². The van der Waals surface area contributed by atoms with Gasteiger partial charge in [0.15, 0.2) is 0 Å². The normalized spacial score (nSPS) is 12.7. The molecule has 1 heterocycles. The van der Waals surface area contributed by atoms with Crippen LogP contribution in [0.3, 0.4) is 0 Å². The number of rotatable bonds is 8. The summed E-state index contributed by atoms with van der Waals surface area (Å²) in [5, 5.41) is 2.74. The average molecular weight is 369 g/mol. The molecule has 0 radical (unpaired) electrons. The first-order chi connectivity index (χ1) is 13.0. The number of ether oxygens (including phenoxy) is 1. The average Bonchev–Trinajstić information content (AvgIpc) is 2.71. The lowest BCUT2D eigenvalue weighted by atomic mass is 9.98. The molecule has 1 aromatic heterocycles. The van der Waals surface area contributed by atoms with Gasteiger partial charge in [-0.1, -0.05) is 56.7 Å². The summed E-state index contributed by atoms with van der Waals surface area (Å²) in [4.78, 5) is 30.8. The van der Waals surface area contributed by atoms with Crippen LogP contribution in [0.15, 0.2) is 54.9 Å². The van der Waals surface area contributed by atoms with Crippen molar-refractivity contribution >= 4 is 12.0 Å². The van der Waals surface area contributed by atoms with E-state index in [0.29, 0.717) is 6.54 Å². The number of pyridine rings is 1. The number of nitrogens with one attached hydrogen (secondary N) is 1. The van der Waals surface area contributed by atoms with Crippen molar-refractivity contribution < 1.29 is 14.3 Å². The molecule has 6 heteroatoms. The molecule has 2 atom stereocenters. The molecule has 6 nitrogen and oxygen atoms in total. The summed E-state index contributed by atoms with van der Waals surface area (Å²) in [5.74, 6) is -0.164. The maximum absolute atomic E-state index is 12.9. The third-order valence-corrected chi connectivity index (χ3v) is 4.48. The Morgan fingerprint density at radius 1 is 1.15 bits per heavy atom. The Morgan fingerprint density at radius 2 is 1.85 bits per heavy atom. The zero-order chi connectivity index (χ0) is 19.6. The Balaban J connectivity index is 1.96. The van der Waals surface area contributed by atoms with Gasteiger partial charge in [0.1, 0.15) is 12.6 Å². The van der Waals surface area contributed by atoms with Crippen molar-refractivity contribution in [1.82, 2.24) is 15.2 Å². The van der Waals surface area contributed by atoms with Crippen molar-refractivity contribution in [3.63, 3.8) is 0 Å². The Labute approximate surface area is 160 Å². The van der Waals surface area contributed by atoms with Crippen LogP contribution in [0, 0.1) is 5.92 Å². The van der Waals surface area contributed by atoms with Gasteiger partial charge >= 0.3 is 6.09 Å². The van der Waals surface area contributed by atoms with Gasteiger partial charge in [-0.05, 0) is 23.1 Å². The fourth-order valence-electron chi connectivity index (χ4n) is 2.66. The van der Waals surface area contributed by atoms with E-state index in [9.17, 15) is 9.59 Å². The van der Waals surface area contributed by atoms with E-state index in [1.165, 1.54) is 0 Å². The third-order valence-electron chi connectivity index (χ3n) is 4.48. The van der Waals surface area contributed by atoms with Crippen molar-refractivity contribution in [1.29, 1.82) is 0 Å². The van der Waals surface area contributed by atoms with Crippen LogP contribution < -0.4 is 5.32 Å². The molecule has 2 aromatic rings. The number of carbonyl (C=O) groups is 2. The molecule has 0 aliphatic rings. The number of nitrogens with zero attached hydrogens (tertiary/aromatic N) is 2. The predicted molar refractivity (Wildman–Crippen MR) is 104 cm³/mol. The van der Waals surface area contributed by atoms with E-state index >= 15 is 0 Å². The number of benzene rings is 1. The number of carbonyl (C=O) groups excluding carboxylic acids is 2. The molecule has 0 bridgehead atoms. The maximum atomic E-state index is 12.9. The molecular formula is C21H27N3O3. The second-order valence-corrected chi connectivity index (χ2v) is 6.62. The van der Waals surface area contributed by atoms with E-state index < -0.39 is 12.1 Å². The minimum absolute atomic E-state index is 0.0156. The molecule has 1 aromatic carbocycles. The second-order valence-electron chi connectivity index (χ2n) is 6.62. The molecule has 0 fully saturated rings. The Morgan fingerprint density at radius 3 is 2.48 bits per heavy atom. The van der Waals surface area contributed by atoms with Crippen molar-refractivity contribution in [2.24, 2.45) is 5.92 Å². The standard InChI is InChI=1S/C21H27N3O3/c1-4-16(2)19(20(25)24(3)14-18-11-8-12-22-13-18)23-21(26)27-15-17-9-6-5-7-10-17/h5-13,16,19H,4,14-15H2,1-3H3,(H,23,26). The monoisotopic (exact) mass is 369 g/mol. The summed E-state index contributed by atoms with van der Waals surface area (Å²) in [6, 6.07) is 12.5. The summed E-state index contributed by atoms with van der Waals surface area (Å²) >= 11 is 0. The minimum atomic E-state index is -0.639. The summed E-state index contributed by atoms with van der Waals surface area (Å²) < 4.78 is 5.27. The van der Waals surface area contributed by atoms with E-state index in [0.717, 1.165) is 17.5 Å². The van der Waals surface area contributed by atoms with Gasteiger partial charge in [0.25, 0.3) is 0 Å². The van der Waals surface area contributed by atoms with Crippen LogP contribution in [-0.2, 0) is 22.7 Å². The van der Waals surface area contributed by atoms with Gasteiger partial charge in [-0.3, -0.25) is 9.78 Å². The number of likely N-dealkylation sites (N-methyl/N-ethyl adjacent to an activating group) is 1. The summed E-state index contributed by atoms with van der Waals surface area (Å²) in [7, 11) is 1.72. The number of aromatic nitrogens is 1. The highest BCUT2D eigenvalue weighted by Gasteiger charge is 2.29. The zero-order valence-electron chi connectivity index (χ0n) is 16.1. The fraction of sp³-hybridized carbons (Fsp3) is 0.381. The molecule has 0 aliphatic carbocycles. The topological polar surface area (TPSA) is 71.5 Å². The molecule has 0 saturated heterocycles. The minimum Gasteiger partial charge on any atom is -0.445 e. The second kappa shape index (κ2) is 10.3. The molecule has 27 heavy (non-hydrogen) atoms. The van der Waals surface area contributed by atoms with Gasteiger partial charge in [-0.25, -0.2) is 4.79 Å². The zero-order valence-corrected chi connectivity index (χ0v) is 16.1. The smallest absolute Gasteiger partial charge is 0.408 e. The van der Waals surface area contributed by atoms with Crippen molar-refractivity contribution in [2.45, 2.75) is 39.5 Å². The van der Waals surface area contributed by atoms with Gasteiger partial charge in [0.2, 0.25) is 5.91 Å². The highest BCUT2D eigenvalue weighted by atomic mass is 16.5. The van der Waals surface area contributed by atoms with Gasteiger partial charge in [-0.2, -0.15) is 0 Å². The van der Waals surface area contributed by atoms with Crippen LogP contribution in [0.1, 0.15) is 31.4 Å². The fourth-order valence-corrected chi connectivity index (χ4v) is 2.66. The molecule has 144 valence electrons. The molecule has 0 saturated carbocycles. The van der Waals surface area contributed by atoms with Crippen LogP contribution in [0.2, 0.25) is 0 Å². The number of amides is 2. The van der Waals surface area contributed by atoms with Crippen molar-refractivity contribution in [2.75, 3.05) is 7.05 Å². The van der Waals surface area contributed by atoms with Gasteiger partial charge in [0, 0.05) is 26.0 Å². The quantitative estimate of drug-likeness (QED) is 0.774. The van der Waals surface area contributed by atoms with Crippen molar-refractivity contribution in [3.8, 4) is 0 Å². The SMILES string of the molecule is CCC(C)C(NC(=O)OCc1ccccc1)C(=O)N(C)Cc1cccnc1. The summed E-state index contributed by atoms with van der Waals surface area (Å²) in [5.41, 5.74) is 1.83. The van der Waals surface area contributed by atoms with Gasteiger partial charge in [-0.15, -0.1) is 0 Å². The largest absolute Gasteiger partial charge is 0.445 e. The molecule has 2 amide bonds. The van der Waals surface area contributed by atoms with E-state index in [4.69, 9.17) is 4.74 Å². The van der Waals surface area contributed by atoms with Crippen molar-refractivity contribution in [3.05, 3.63) is 66.0 Å². The number of hydrogen-bond donors (Lipinski definition) is 1. The van der Waals surface area contributed by atoms with Crippen LogP contribution >= 0.6 is 0 Å². The highest BCUT2D eigenvalue weighted by molar-refractivity contribution is 5.85. The van der Waals surface area contributed by atoms with E-state index in [2.05, 4.69) is 10.3 Å². The predicted octanol–water partition coefficient (Wildman–Crippen LogP) is 3.38. The van der Waals surface area contributed by atoms with Gasteiger partial charge in [0.05, 0.1) is 0 Å². The Kier molecular flexibility index (Phi) is 7.79. The van der Waals surface area contributed by atoms with E-state index in [1.54, 1.807) is 24.3 Å². The molecule has 0 spiro atoms. The lowest BCUT2D eigenvalue weighted by Crippen LogP contribution is -2.50. The molecule has 2 rings (SSSR count). The Hall–Kier alpha value is -2.89. The molecule has 1 N–H and O–H groups in total.